The number of nitrogens with zero attached hydrogens (tertiary/aromatic N) is 1. The number of amides is 1. The zero-order valence-corrected chi connectivity index (χ0v) is 11.7. The molecule has 0 spiro atoms. The zero-order chi connectivity index (χ0) is 15.6. The number of carboxylic acid groups (broad SMARTS) is 1. The van der Waals surface area contributed by atoms with Gasteiger partial charge in [-0.1, -0.05) is 13.0 Å². The molecule has 0 bridgehead atoms. The van der Waals surface area contributed by atoms with Gasteiger partial charge in [-0.3, -0.25) is 9.59 Å². The highest BCUT2D eigenvalue weighted by atomic mass is 19.2. The van der Waals surface area contributed by atoms with Gasteiger partial charge in [0.15, 0.2) is 11.6 Å². The lowest BCUT2D eigenvalue weighted by atomic mass is 10.1. The molecule has 1 aromatic rings. The largest absolute Gasteiger partial charge is 0.481 e. The van der Waals surface area contributed by atoms with E-state index in [-0.39, 0.29) is 31.3 Å². The van der Waals surface area contributed by atoms with E-state index in [0.717, 1.165) is 18.6 Å². The Kier molecular flexibility index (Phi) is 4.55. The maximum atomic E-state index is 13.2. The Morgan fingerprint density at radius 2 is 2.00 bits per heavy atom. The first-order valence-electron chi connectivity index (χ1n) is 6.83. The smallest absolute Gasteiger partial charge is 0.305 e. The summed E-state index contributed by atoms with van der Waals surface area (Å²) in [4.78, 5) is 24.3. The van der Waals surface area contributed by atoms with Crippen molar-refractivity contribution in [3.05, 3.63) is 35.4 Å². The van der Waals surface area contributed by atoms with Crippen molar-refractivity contribution in [1.29, 1.82) is 0 Å². The van der Waals surface area contributed by atoms with Gasteiger partial charge < -0.3 is 10.0 Å². The number of halogens is 2. The van der Waals surface area contributed by atoms with Crippen molar-refractivity contribution < 1.29 is 23.5 Å². The molecular formula is C15H17F2NO3. The number of aliphatic carboxylic acids is 1. The molecule has 1 aromatic carbocycles. The maximum absolute atomic E-state index is 13.2. The van der Waals surface area contributed by atoms with Crippen molar-refractivity contribution in [2.45, 2.75) is 26.3 Å². The predicted molar refractivity (Wildman–Crippen MR) is 71.3 cm³/mol. The lowest BCUT2D eigenvalue weighted by molar-refractivity contribution is -0.139. The highest BCUT2D eigenvalue weighted by molar-refractivity contribution is 5.82. The number of carboxylic acids is 1. The Hall–Kier alpha value is -1.98. The van der Waals surface area contributed by atoms with E-state index in [9.17, 15) is 18.4 Å². The molecule has 1 aliphatic rings. The lowest BCUT2D eigenvalue weighted by Crippen LogP contribution is -2.34. The Bertz CT molecular complexity index is 562. The molecule has 0 aliphatic heterocycles. The summed E-state index contributed by atoms with van der Waals surface area (Å²) in [5, 5.41) is 8.75. The third-order valence-corrected chi connectivity index (χ3v) is 3.69. The Balaban J connectivity index is 2.08. The highest BCUT2D eigenvalue weighted by Gasteiger charge is 2.41. The molecule has 0 unspecified atom stereocenters. The SMILES string of the molecule is C[C@@H]1C[C@@H]1C(=O)N(CCC(=O)O)Cc1ccc(F)c(F)c1. The van der Waals surface area contributed by atoms with Gasteiger partial charge in [0.1, 0.15) is 0 Å². The minimum absolute atomic E-state index is 0.0659. The average Bonchev–Trinajstić information content (AvgIpc) is 3.14. The topological polar surface area (TPSA) is 57.6 Å². The van der Waals surface area contributed by atoms with Gasteiger partial charge in [-0.15, -0.1) is 0 Å². The van der Waals surface area contributed by atoms with Crippen molar-refractivity contribution >= 4 is 11.9 Å². The fourth-order valence-electron chi connectivity index (χ4n) is 2.26. The summed E-state index contributed by atoms with van der Waals surface area (Å²) in [5.74, 6) is -2.81. The van der Waals surface area contributed by atoms with Crippen LogP contribution in [-0.4, -0.2) is 28.4 Å². The van der Waals surface area contributed by atoms with Gasteiger partial charge in [0, 0.05) is 19.0 Å². The molecule has 2 rings (SSSR count). The summed E-state index contributed by atoms with van der Waals surface area (Å²) in [6.07, 6.45) is 0.622. The highest BCUT2D eigenvalue weighted by Crippen LogP contribution is 2.39. The zero-order valence-electron chi connectivity index (χ0n) is 11.7. The first-order valence-corrected chi connectivity index (χ1v) is 6.83. The van der Waals surface area contributed by atoms with Crippen molar-refractivity contribution in [1.82, 2.24) is 4.90 Å². The van der Waals surface area contributed by atoms with Gasteiger partial charge >= 0.3 is 5.97 Å². The molecule has 0 radical (unpaired) electrons. The van der Waals surface area contributed by atoms with Gasteiger partial charge in [-0.2, -0.15) is 0 Å². The number of carbonyl (C=O) groups excluding carboxylic acids is 1. The van der Waals surface area contributed by atoms with Crippen molar-refractivity contribution in [2.24, 2.45) is 11.8 Å². The van der Waals surface area contributed by atoms with Gasteiger partial charge in [-0.05, 0) is 30.0 Å². The van der Waals surface area contributed by atoms with Crippen LogP contribution in [0.3, 0.4) is 0 Å². The van der Waals surface area contributed by atoms with E-state index in [4.69, 9.17) is 5.11 Å². The van der Waals surface area contributed by atoms with E-state index in [1.54, 1.807) is 0 Å². The molecule has 21 heavy (non-hydrogen) atoms. The van der Waals surface area contributed by atoms with Crippen LogP contribution in [0.1, 0.15) is 25.3 Å². The molecule has 114 valence electrons. The summed E-state index contributed by atoms with van der Waals surface area (Å²) in [5.41, 5.74) is 0.445. The van der Waals surface area contributed by atoms with Gasteiger partial charge in [0.2, 0.25) is 5.91 Å². The predicted octanol–water partition coefficient (Wildman–Crippen LogP) is 2.42. The summed E-state index contributed by atoms with van der Waals surface area (Å²) in [7, 11) is 0. The Morgan fingerprint density at radius 3 is 2.52 bits per heavy atom. The standard InChI is InChI=1S/C15H17F2NO3/c1-9-6-11(9)15(21)18(5-4-14(19)20)8-10-2-3-12(16)13(17)7-10/h2-3,7,9,11H,4-6,8H2,1H3,(H,19,20)/t9-,11+/m1/s1. The van der Waals surface area contributed by atoms with Crippen molar-refractivity contribution in [2.75, 3.05) is 6.54 Å². The van der Waals surface area contributed by atoms with Gasteiger partial charge in [0.05, 0.1) is 6.42 Å². The Labute approximate surface area is 121 Å². The molecular weight excluding hydrogens is 280 g/mol. The molecule has 0 aromatic heterocycles. The number of carbonyl (C=O) groups is 2. The normalized spacial score (nSPS) is 20.1. The summed E-state index contributed by atoms with van der Waals surface area (Å²) < 4.78 is 26.1. The molecule has 0 heterocycles. The molecule has 1 saturated carbocycles. The fraction of sp³-hybridized carbons (Fsp3) is 0.467. The quantitative estimate of drug-likeness (QED) is 0.877. The number of rotatable bonds is 6. The molecule has 1 aliphatic carbocycles. The van der Waals surface area contributed by atoms with Crippen molar-refractivity contribution in [3.63, 3.8) is 0 Å². The molecule has 6 heteroatoms. The van der Waals surface area contributed by atoms with Crippen LogP contribution in [0.15, 0.2) is 18.2 Å². The lowest BCUT2D eigenvalue weighted by Gasteiger charge is -2.22. The van der Waals surface area contributed by atoms with E-state index in [1.165, 1.54) is 11.0 Å². The van der Waals surface area contributed by atoms with Crippen LogP contribution < -0.4 is 0 Å². The van der Waals surface area contributed by atoms with Crippen LogP contribution in [0.5, 0.6) is 0 Å². The average molecular weight is 297 g/mol. The first kappa shape index (κ1) is 15.4. The second kappa shape index (κ2) is 6.20. The Morgan fingerprint density at radius 1 is 1.33 bits per heavy atom. The molecule has 1 amide bonds. The second-order valence-electron chi connectivity index (χ2n) is 5.47. The third kappa shape index (κ3) is 4.00. The van der Waals surface area contributed by atoms with Gasteiger partial charge in [0.25, 0.3) is 0 Å². The monoisotopic (exact) mass is 297 g/mol. The number of benzene rings is 1. The number of hydrogen-bond acceptors (Lipinski definition) is 2. The molecule has 2 atom stereocenters. The molecule has 1 N–H and O–H groups in total. The van der Waals surface area contributed by atoms with E-state index in [2.05, 4.69) is 0 Å². The third-order valence-electron chi connectivity index (χ3n) is 3.69. The molecule has 4 nitrogen and oxygen atoms in total. The summed E-state index contributed by atoms with van der Waals surface area (Å²) in [6, 6.07) is 3.44. The van der Waals surface area contributed by atoms with Gasteiger partial charge in [-0.25, -0.2) is 8.78 Å². The first-order chi connectivity index (χ1) is 9.88. The second-order valence-corrected chi connectivity index (χ2v) is 5.47. The van der Waals surface area contributed by atoms with E-state index >= 15 is 0 Å². The van der Waals surface area contributed by atoms with Crippen LogP contribution in [0.2, 0.25) is 0 Å². The van der Waals surface area contributed by atoms with Crippen LogP contribution in [0.25, 0.3) is 0 Å². The van der Waals surface area contributed by atoms with E-state index in [0.29, 0.717) is 11.5 Å². The molecule has 1 fully saturated rings. The van der Waals surface area contributed by atoms with Crippen LogP contribution in [0.4, 0.5) is 8.78 Å². The van der Waals surface area contributed by atoms with Crippen LogP contribution in [0, 0.1) is 23.5 Å². The fourth-order valence-corrected chi connectivity index (χ4v) is 2.26. The number of hydrogen-bond donors (Lipinski definition) is 1. The summed E-state index contributed by atoms with van der Waals surface area (Å²) >= 11 is 0. The van der Waals surface area contributed by atoms with E-state index < -0.39 is 17.6 Å². The minimum atomic E-state index is -0.998. The van der Waals surface area contributed by atoms with Crippen LogP contribution >= 0.6 is 0 Å². The maximum Gasteiger partial charge on any atom is 0.305 e. The summed E-state index contributed by atoms with van der Waals surface area (Å²) in [6.45, 7) is 2.11. The molecule has 0 saturated heterocycles. The van der Waals surface area contributed by atoms with E-state index in [1.807, 2.05) is 6.92 Å². The van der Waals surface area contributed by atoms with Crippen molar-refractivity contribution in [3.8, 4) is 0 Å². The minimum Gasteiger partial charge on any atom is -0.481 e. The van der Waals surface area contributed by atoms with Crippen LogP contribution in [-0.2, 0) is 16.1 Å².